The third-order valence-electron chi connectivity index (χ3n) is 9.27. The average Bonchev–Trinajstić information content (AvgIpc) is 3.59. The maximum absolute atomic E-state index is 11.2. The summed E-state index contributed by atoms with van der Waals surface area (Å²) >= 11 is 3.99. The lowest BCUT2D eigenvalue weighted by Crippen LogP contribution is -2.12. The van der Waals surface area contributed by atoms with Crippen LogP contribution in [0.4, 0.5) is 5.69 Å². The van der Waals surface area contributed by atoms with Crippen molar-refractivity contribution in [2.24, 2.45) is 4.99 Å². The van der Waals surface area contributed by atoms with Crippen LogP contribution in [0.2, 0.25) is 0 Å². The Morgan fingerprint density at radius 1 is 0.647 bits per heavy atom. The standard InChI is InChI=1S/C46H35IN2OS/c1-46(2,3)40-27-35(47)24-34(44(40)50)28-48-41-22-10-9-20-38(41)45-49-43-39(37-21-12-16-30-15-7-8-19-36(30)37)25-33(26-42(43)51-45)32-18-11-17-31(23-32)29-13-5-4-6-14-29/h4-28,50H,1-3H3/b48-28+. The second-order valence-corrected chi connectivity index (χ2v) is 16.1. The molecule has 0 aliphatic heterocycles. The van der Waals surface area contributed by atoms with Crippen LogP contribution in [0.5, 0.6) is 5.75 Å². The summed E-state index contributed by atoms with van der Waals surface area (Å²) in [6.45, 7) is 6.33. The zero-order valence-electron chi connectivity index (χ0n) is 28.6. The molecule has 0 saturated heterocycles. The maximum Gasteiger partial charge on any atom is 0.128 e. The second-order valence-electron chi connectivity index (χ2n) is 13.8. The number of benzene rings is 7. The third kappa shape index (κ3) is 6.60. The van der Waals surface area contributed by atoms with E-state index in [1.807, 2.05) is 30.3 Å². The van der Waals surface area contributed by atoms with Gasteiger partial charge in [0.25, 0.3) is 0 Å². The van der Waals surface area contributed by atoms with Crippen LogP contribution >= 0.6 is 33.9 Å². The fraction of sp³-hybridized carbons (Fsp3) is 0.0870. The summed E-state index contributed by atoms with van der Waals surface area (Å²) in [4.78, 5) is 10.3. The monoisotopic (exact) mass is 790 g/mol. The summed E-state index contributed by atoms with van der Waals surface area (Å²) in [5.74, 6) is 0.271. The highest BCUT2D eigenvalue weighted by Crippen LogP contribution is 2.43. The van der Waals surface area contributed by atoms with Crippen LogP contribution in [0.25, 0.3) is 64.9 Å². The minimum absolute atomic E-state index is 0.198. The van der Waals surface area contributed by atoms with Crippen molar-refractivity contribution >= 4 is 66.8 Å². The fourth-order valence-electron chi connectivity index (χ4n) is 6.68. The molecule has 3 nitrogen and oxygen atoms in total. The topological polar surface area (TPSA) is 45.5 Å². The SMILES string of the molecule is CC(C)(C)c1cc(I)cc(/C=N/c2ccccc2-c2nc3c(-c4cccc5ccccc45)cc(-c4cccc(-c5ccccc5)c4)cc3s2)c1O. The minimum atomic E-state index is -0.198. The Bertz CT molecular complexity index is 2590. The number of fused-ring (bicyclic) bond motifs is 2. The van der Waals surface area contributed by atoms with Crippen molar-refractivity contribution in [3.63, 3.8) is 0 Å². The van der Waals surface area contributed by atoms with E-state index >= 15 is 0 Å². The van der Waals surface area contributed by atoms with E-state index in [-0.39, 0.29) is 11.2 Å². The number of hydrogen-bond donors (Lipinski definition) is 1. The zero-order chi connectivity index (χ0) is 35.1. The van der Waals surface area contributed by atoms with Crippen molar-refractivity contribution in [3.8, 4) is 49.7 Å². The molecule has 1 N–H and O–H groups in total. The van der Waals surface area contributed by atoms with Gasteiger partial charge >= 0.3 is 0 Å². The molecule has 1 heterocycles. The normalized spacial score (nSPS) is 11.9. The number of phenolic OH excluding ortho intramolecular Hbond substituents is 1. The molecule has 0 amide bonds. The van der Waals surface area contributed by atoms with Gasteiger partial charge in [-0.15, -0.1) is 11.3 Å². The number of para-hydroxylation sites is 1. The summed E-state index contributed by atoms with van der Waals surface area (Å²) in [6.07, 6.45) is 1.78. The summed E-state index contributed by atoms with van der Waals surface area (Å²) in [6, 6.07) is 51.1. The van der Waals surface area contributed by atoms with E-state index in [2.05, 4.69) is 159 Å². The number of aromatic hydroxyl groups is 1. The predicted molar refractivity (Wildman–Crippen MR) is 226 cm³/mol. The first-order chi connectivity index (χ1) is 24.7. The number of phenols is 1. The van der Waals surface area contributed by atoms with Gasteiger partial charge in [-0.2, -0.15) is 0 Å². The van der Waals surface area contributed by atoms with Crippen molar-refractivity contribution in [2.75, 3.05) is 0 Å². The summed E-state index contributed by atoms with van der Waals surface area (Å²) < 4.78 is 2.17. The number of aromatic nitrogens is 1. The largest absolute Gasteiger partial charge is 0.507 e. The van der Waals surface area contributed by atoms with Crippen molar-refractivity contribution in [2.45, 2.75) is 26.2 Å². The molecule has 0 atom stereocenters. The van der Waals surface area contributed by atoms with Crippen LogP contribution < -0.4 is 0 Å². The first-order valence-electron chi connectivity index (χ1n) is 17.0. The van der Waals surface area contributed by atoms with Gasteiger partial charge in [-0.05, 0) is 109 Å². The van der Waals surface area contributed by atoms with E-state index in [4.69, 9.17) is 9.98 Å². The van der Waals surface area contributed by atoms with Gasteiger partial charge in [-0.3, -0.25) is 4.99 Å². The summed E-state index contributed by atoms with van der Waals surface area (Å²) in [5, 5.41) is 14.5. The van der Waals surface area contributed by atoms with Gasteiger partial charge in [-0.1, -0.05) is 124 Å². The third-order valence-corrected chi connectivity index (χ3v) is 10.9. The molecular weight excluding hydrogens is 755 g/mol. The van der Waals surface area contributed by atoms with E-state index in [0.717, 1.165) is 57.9 Å². The van der Waals surface area contributed by atoms with E-state index in [1.165, 1.54) is 21.9 Å². The lowest BCUT2D eigenvalue weighted by Gasteiger charge is -2.21. The zero-order valence-corrected chi connectivity index (χ0v) is 31.5. The molecular formula is C46H35IN2OS. The first kappa shape index (κ1) is 33.1. The highest BCUT2D eigenvalue weighted by molar-refractivity contribution is 14.1. The van der Waals surface area contributed by atoms with Crippen molar-refractivity contribution < 1.29 is 5.11 Å². The lowest BCUT2D eigenvalue weighted by atomic mass is 9.85. The van der Waals surface area contributed by atoms with E-state index in [9.17, 15) is 5.11 Å². The quantitative estimate of drug-likeness (QED) is 0.135. The summed E-state index contributed by atoms with van der Waals surface area (Å²) in [7, 11) is 0. The predicted octanol–water partition coefficient (Wildman–Crippen LogP) is 13.5. The molecule has 0 aliphatic carbocycles. The van der Waals surface area contributed by atoms with Crippen LogP contribution in [0, 0.1) is 3.57 Å². The fourth-order valence-corrected chi connectivity index (χ4v) is 8.40. The Kier molecular flexibility index (Phi) is 8.78. The number of halogens is 1. The minimum Gasteiger partial charge on any atom is -0.507 e. The number of thiazole rings is 1. The maximum atomic E-state index is 11.2. The highest BCUT2D eigenvalue weighted by atomic mass is 127. The highest BCUT2D eigenvalue weighted by Gasteiger charge is 2.21. The molecule has 0 spiro atoms. The van der Waals surface area contributed by atoms with E-state index in [1.54, 1.807) is 17.6 Å². The Hall–Kier alpha value is -5.11. The van der Waals surface area contributed by atoms with Crippen LogP contribution in [-0.4, -0.2) is 16.3 Å². The summed E-state index contributed by atoms with van der Waals surface area (Å²) in [5.41, 5.74) is 11.1. The Morgan fingerprint density at radius 2 is 1.31 bits per heavy atom. The van der Waals surface area contributed by atoms with Crippen molar-refractivity contribution in [3.05, 3.63) is 160 Å². The number of aliphatic imine (C=N–C) groups is 1. The van der Waals surface area contributed by atoms with Crippen LogP contribution in [0.3, 0.4) is 0 Å². The van der Waals surface area contributed by atoms with Gasteiger partial charge in [0.1, 0.15) is 10.8 Å². The smallest absolute Gasteiger partial charge is 0.128 e. The molecule has 8 rings (SSSR count). The molecule has 51 heavy (non-hydrogen) atoms. The van der Waals surface area contributed by atoms with E-state index in [0.29, 0.717) is 5.56 Å². The molecule has 5 heteroatoms. The van der Waals surface area contributed by atoms with E-state index < -0.39 is 0 Å². The van der Waals surface area contributed by atoms with Crippen LogP contribution in [0.1, 0.15) is 31.9 Å². The molecule has 0 radical (unpaired) electrons. The van der Waals surface area contributed by atoms with Crippen molar-refractivity contribution in [1.82, 2.24) is 4.98 Å². The molecule has 0 aliphatic rings. The molecule has 0 fully saturated rings. The molecule has 248 valence electrons. The number of hydrogen-bond acceptors (Lipinski definition) is 4. The molecule has 1 aromatic heterocycles. The molecule has 0 unspecified atom stereocenters. The Labute approximate surface area is 316 Å². The van der Waals surface area contributed by atoms with Gasteiger partial charge in [-0.25, -0.2) is 4.98 Å². The van der Waals surface area contributed by atoms with Crippen molar-refractivity contribution in [1.29, 1.82) is 0 Å². The lowest BCUT2D eigenvalue weighted by molar-refractivity contribution is 0.445. The van der Waals surface area contributed by atoms with Gasteiger partial charge in [0.2, 0.25) is 0 Å². The van der Waals surface area contributed by atoms with Gasteiger partial charge in [0.05, 0.1) is 15.9 Å². The molecule has 8 aromatic rings. The Balaban J connectivity index is 1.29. The molecule has 0 saturated carbocycles. The number of rotatable bonds is 6. The average molecular weight is 791 g/mol. The molecule has 0 bridgehead atoms. The second kappa shape index (κ2) is 13.5. The van der Waals surface area contributed by atoms with Gasteiger partial charge < -0.3 is 5.11 Å². The molecule has 7 aromatic carbocycles. The van der Waals surface area contributed by atoms with Gasteiger partial charge in [0, 0.05) is 32.0 Å². The number of nitrogens with zero attached hydrogens (tertiary/aromatic N) is 2. The Morgan fingerprint density at radius 3 is 2.14 bits per heavy atom. The van der Waals surface area contributed by atoms with Crippen LogP contribution in [0.15, 0.2) is 151 Å². The van der Waals surface area contributed by atoms with Gasteiger partial charge in [0.15, 0.2) is 0 Å². The first-order valence-corrected chi connectivity index (χ1v) is 18.9. The van der Waals surface area contributed by atoms with Crippen LogP contribution in [-0.2, 0) is 5.41 Å².